The number of thioether (sulfide) groups is 2. The number of benzene rings is 2. The molecule has 0 saturated carbocycles. The molecule has 0 bridgehead atoms. The topological polar surface area (TPSA) is 0 Å². The lowest BCUT2D eigenvalue weighted by Gasteiger charge is -2.38. The van der Waals surface area contributed by atoms with Crippen molar-refractivity contribution in [2.24, 2.45) is 0 Å². The third-order valence-electron chi connectivity index (χ3n) is 5.85. The molecule has 2 aromatic carbocycles. The normalized spacial score (nSPS) is 14.4. The zero-order chi connectivity index (χ0) is 25.0. The summed E-state index contributed by atoms with van der Waals surface area (Å²) in [4.78, 5) is 6.86. The van der Waals surface area contributed by atoms with Gasteiger partial charge in [0.05, 0.1) is 0 Å². The second kappa shape index (κ2) is 14.6. The predicted molar refractivity (Wildman–Crippen MR) is 163 cm³/mol. The molecule has 1 unspecified atom stereocenters. The lowest BCUT2D eigenvalue weighted by Crippen LogP contribution is -2.07. The van der Waals surface area contributed by atoms with Gasteiger partial charge >= 0.3 is 0 Å². The molecule has 1 atom stereocenters. The second-order valence-corrected chi connectivity index (χ2v) is 14.5. The van der Waals surface area contributed by atoms with Crippen molar-refractivity contribution in [2.75, 3.05) is 17.8 Å². The Kier molecular flexibility index (Phi) is 12.2. The van der Waals surface area contributed by atoms with Crippen molar-refractivity contribution in [1.82, 2.24) is 0 Å². The zero-order valence-electron chi connectivity index (χ0n) is 21.5. The van der Waals surface area contributed by atoms with Gasteiger partial charge in [-0.3, -0.25) is 0 Å². The van der Waals surface area contributed by atoms with Gasteiger partial charge < -0.3 is 0 Å². The minimum atomic E-state index is -1.06. The largest absolute Gasteiger partial charge is 0.191 e. The Morgan fingerprint density at radius 3 is 2.35 bits per heavy atom. The highest BCUT2D eigenvalue weighted by molar-refractivity contribution is 8.36. The van der Waals surface area contributed by atoms with Gasteiger partial charge in [0, 0.05) is 9.79 Å². The molecule has 2 aromatic rings. The SMILES string of the molecule is C=C/C=C\C(=C/C)S(C)(CCCCSc1ccc(SC(C)=C(C)C)c(C=C)c1)c1ccccc1. The number of rotatable bonds is 13. The Morgan fingerprint density at radius 1 is 1.00 bits per heavy atom. The van der Waals surface area contributed by atoms with Gasteiger partial charge in [-0.05, 0) is 109 Å². The van der Waals surface area contributed by atoms with Crippen LogP contribution in [-0.4, -0.2) is 17.8 Å². The summed E-state index contributed by atoms with van der Waals surface area (Å²) < 4.78 is 0. The fraction of sp³-hybridized carbons (Fsp3) is 0.290. The van der Waals surface area contributed by atoms with E-state index in [0.717, 1.165) is 5.75 Å². The van der Waals surface area contributed by atoms with Crippen LogP contribution in [0.5, 0.6) is 0 Å². The van der Waals surface area contributed by atoms with E-state index in [9.17, 15) is 0 Å². The first-order valence-corrected chi connectivity index (χ1v) is 15.8. The fourth-order valence-corrected chi connectivity index (χ4v) is 8.65. The van der Waals surface area contributed by atoms with Crippen molar-refractivity contribution in [3.8, 4) is 0 Å². The highest BCUT2D eigenvalue weighted by Gasteiger charge is 2.23. The summed E-state index contributed by atoms with van der Waals surface area (Å²) in [6.07, 6.45) is 15.3. The molecule has 0 aliphatic rings. The molecule has 0 fully saturated rings. The highest BCUT2D eigenvalue weighted by Crippen LogP contribution is 2.60. The van der Waals surface area contributed by atoms with Gasteiger partial charge in [0.25, 0.3) is 0 Å². The number of hydrogen-bond acceptors (Lipinski definition) is 2. The third kappa shape index (κ3) is 8.15. The van der Waals surface area contributed by atoms with Gasteiger partial charge in [-0.1, -0.05) is 79.1 Å². The maximum absolute atomic E-state index is 4.04. The van der Waals surface area contributed by atoms with Crippen molar-refractivity contribution in [1.29, 1.82) is 0 Å². The van der Waals surface area contributed by atoms with Gasteiger partial charge in [-0.2, -0.15) is 10.0 Å². The van der Waals surface area contributed by atoms with Gasteiger partial charge in [0.2, 0.25) is 0 Å². The van der Waals surface area contributed by atoms with E-state index in [4.69, 9.17) is 0 Å². The standard InChI is InChI=1S/C31H40S3/c1-8-11-17-29(10-3)34(7,30-18-13-12-14-19-30)23-16-15-22-32-28-20-21-31(27(9-2)24-28)33-26(6)25(4)5/h8-14,17-21,24H,1-2,15-16,22-23H2,3-7H3/b17-11-,29-10+. The molecule has 0 saturated heterocycles. The number of allylic oxidation sites excluding steroid dienone is 6. The van der Waals surface area contributed by atoms with Gasteiger partial charge in [0.1, 0.15) is 0 Å². The molecule has 0 aromatic heterocycles. The van der Waals surface area contributed by atoms with Crippen molar-refractivity contribution in [2.45, 2.75) is 55.2 Å². The smallest absolute Gasteiger partial charge is 0.0192 e. The number of hydrogen-bond donors (Lipinski definition) is 0. The Labute approximate surface area is 218 Å². The summed E-state index contributed by atoms with van der Waals surface area (Å²) in [6.45, 7) is 16.6. The van der Waals surface area contributed by atoms with E-state index in [-0.39, 0.29) is 0 Å². The quantitative estimate of drug-likeness (QED) is 0.150. The summed E-state index contributed by atoms with van der Waals surface area (Å²) in [5.41, 5.74) is 2.59. The summed E-state index contributed by atoms with van der Waals surface area (Å²) in [5.74, 6) is 2.34. The van der Waals surface area contributed by atoms with Crippen LogP contribution in [-0.2, 0) is 0 Å². The van der Waals surface area contributed by atoms with Crippen LogP contribution in [0.2, 0.25) is 0 Å². The van der Waals surface area contributed by atoms with Crippen LogP contribution >= 0.6 is 33.6 Å². The van der Waals surface area contributed by atoms with Crippen LogP contribution in [0.25, 0.3) is 6.08 Å². The lowest BCUT2D eigenvalue weighted by atomic mass is 10.2. The van der Waals surface area contributed by atoms with Crippen molar-refractivity contribution in [3.05, 3.63) is 107 Å². The maximum Gasteiger partial charge on any atom is 0.0192 e. The Hall–Kier alpha value is -1.81. The van der Waals surface area contributed by atoms with E-state index in [2.05, 4.69) is 114 Å². The molecule has 182 valence electrons. The summed E-state index contributed by atoms with van der Waals surface area (Å²) in [7, 11) is -1.06. The van der Waals surface area contributed by atoms with Crippen LogP contribution in [0, 0.1) is 0 Å². The molecule has 0 nitrogen and oxygen atoms in total. The summed E-state index contributed by atoms with van der Waals surface area (Å²) >= 11 is 3.80. The molecule has 0 N–H and O–H groups in total. The molecule has 0 aliphatic heterocycles. The third-order valence-corrected chi connectivity index (χ3v) is 12.1. The summed E-state index contributed by atoms with van der Waals surface area (Å²) in [5, 5.41) is 0. The zero-order valence-corrected chi connectivity index (χ0v) is 23.9. The molecule has 3 heteroatoms. The monoisotopic (exact) mass is 508 g/mol. The van der Waals surface area contributed by atoms with E-state index in [0.29, 0.717) is 0 Å². The summed E-state index contributed by atoms with van der Waals surface area (Å²) in [6, 6.07) is 17.8. The average Bonchev–Trinajstić information content (AvgIpc) is 2.85. The van der Waals surface area contributed by atoms with E-state index >= 15 is 0 Å². The minimum absolute atomic E-state index is 1.06. The van der Waals surface area contributed by atoms with Crippen molar-refractivity contribution >= 4 is 39.6 Å². The van der Waals surface area contributed by atoms with E-state index in [1.807, 2.05) is 35.7 Å². The first kappa shape index (κ1) is 28.4. The van der Waals surface area contributed by atoms with E-state index in [1.165, 1.54) is 54.2 Å². The average molecular weight is 509 g/mol. The van der Waals surface area contributed by atoms with E-state index < -0.39 is 10.0 Å². The van der Waals surface area contributed by atoms with Crippen molar-refractivity contribution in [3.63, 3.8) is 0 Å². The maximum atomic E-state index is 4.04. The predicted octanol–water partition coefficient (Wildman–Crippen LogP) is 10.7. The molecule has 0 amide bonds. The fourth-order valence-electron chi connectivity index (χ4n) is 3.58. The van der Waals surface area contributed by atoms with Gasteiger partial charge in [0.15, 0.2) is 0 Å². The molecule has 2 rings (SSSR count). The van der Waals surface area contributed by atoms with Crippen LogP contribution in [0.15, 0.2) is 116 Å². The Balaban J connectivity index is 2.02. The number of unbranched alkanes of at least 4 members (excludes halogenated alkanes) is 1. The molecule has 34 heavy (non-hydrogen) atoms. The molecular formula is C31H40S3. The molecule has 0 aliphatic carbocycles. The molecule has 0 heterocycles. The first-order valence-electron chi connectivity index (χ1n) is 11.8. The Bertz CT molecular complexity index is 1040. The highest BCUT2D eigenvalue weighted by atomic mass is 32.3. The van der Waals surface area contributed by atoms with Gasteiger partial charge in [-0.15, -0.1) is 11.8 Å². The van der Waals surface area contributed by atoms with E-state index in [1.54, 1.807) is 0 Å². The van der Waals surface area contributed by atoms with Crippen LogP contribution in [0.3, 0.4) is 0 Å². The lowest BCUT2D eigenvalue weighted by molar-refractivity contribution is 0.901. The van der Waals surface area contributed by atoms with Crippen molar-refractivity contribution < 1.29 is 0 Å². The van der Waals surface area contributed by atoms with Crippen LogP contribution in [0.4, 0.5) is 0 Å². The second-order valence-electron chi connectivity index (χ2n) is 8.51. The molecule has 0 spiro atoms. The first-order chi connectivity index (χ1) is 16.3. The van der Waals surface area contributed by atoms with Crippen LogP contribution in [0.1, 0.15) is 46.1 Å². The van der Waals surface area contributed by atoms with Gasteiger partial charge in [-0.25, -0.2) is 0 Å². The minimum Gasteiger partial charge on any atom is -0.191 e. The van der Waals surface area contributed by atoms with Crippen LogP contribution < -0.4 is 0 Å². The molecular weight excluding hydrogens is 469 g/mol. The Morgan fingerprint density at radius 2 is 1.74 bits per heavy atom. The molecule has 0 radical (unpaired) electrons.